The molecule has 4 rings (SSSR count). The second-order valence-electron chi connectivity index (χ2n) is 6.26. The van der Waals surface area contributed by atoms with Gasteiger partial charge in [0.05, 0.1) is 17.3 Å². The van der Waals surface area contributed by atoms with E-state index in [-0.39, 0.29) is 11.8 Å². The maximum atomic E-state index is 12.3. The highest BCUT2D eigenvalue weighted by Gasteiger charge is 2.18. The molecule has 1 aliphatic rings. The van der Waals surface area contributed by atoms with Gasteiger partial charge in [0.1, 0.15) is 11.5 Å². The number of aromatic nitrogens is 3. The molecule has 0 radical (unpaired) electrons. The van der Waals surface area contributed by atoms with Crippen LogP contribution in [0.4, 0.5) is 4.79 Å². The van der Waals surface area contributed by atoms with Crippen LogP contribution in [0.25, 0.3) is 22.3 Å². The molecule has 0 aliphatic carbocycles. The average molecular weight is 353 g/mol. The van der Waals surface area contributed by atoms with Crippen molar-refractivity contribution in [1.82, 2.24) is 25.8 Å². The van der Waals surface area contributed by atoms with Crippen molar-refractivity contribution in [3.63, 3.8) is 0 Å². The van der Waals surface area contributed by atoms with Gasteiger partial charge in [0.15, 0.2) is 5.65 Å². The van der Waals surface area contributed by atoms with Crippen LogP contribution >= 0.6 is 0 Å². The number of phenols is 1. The van der Waals surface area contributed by atoms with Gasteiger partial charge >= 0.3 is 6.09 Å². The number of nitrogens with zero attached hydrogens (tertiary/aromatic N) is 2. The number of hydrogen-bond donors (Lipinski definition) is 4. The monoisotopic (exact) mass is 353 g/mol. The van der Waals surface area contributed by atoms with Crippen LogP contribution in [0.3, 0.4) is 0 Å². The number of phenolic OH excluding ortho intramolecular Hbond substituents is 1. The molecular weight excluding hydrogens is 334 g/mol. The molecule has 1 amide bonds. The molecule has 8 heteroatoms. The number of carbonyl (C=O) groups is 1. The van der Waals surface area contributed by atoms with Crippen molar-refractivity contribution in [1.29, 1.82) is 0 Å². The minimum absolute atomic E-state index is 0.0643. The van der Waals surface area contributed by atoms with Crippen molar-refractivity contribution in [3.05, 3.63) is 36.5 Å². The number of rotatable bonds is 3. The van der Waals surface area contributed by atoms with E-state index in [0.717, 1.165) is 31.5 Å². The van der Waals surface area contributed by atoms with Crippen molar-refractivity contribution in [3.8, 4) is 22.8 Å². The minimum Gasteiger partial charge on any atom is -0.508 e. The second-order valence-corrected chi connectivity index (χ2v) is 6.26. The smallest absolute Gasteiger partial charge is 0.412 e. The summed E-state index contributed by atoms with van der Waals surface area (Å²) in [7, 11) is 0. The van der Waals surface area contributed by atoms with Crippen LogP contribution < -0.4 is 15.4 Å². The minimum atomic E-state index is -0.496. The number of carbonyl (C=O) groups excluding carboxylic acids is 1. The van der Waals surface area contributed by atoms with Crippen molar-refractivity contribution in [2.24, 2.45) is 0 Å². The lowest BCUT2D eigenvalue weighted by molar-refractivity contribution is 0.193. The Kier molecular flexibility index (Phi) is 4.40. The van der Waals surface area contributed by atoms with Gasteiger partial charge in [0, 0.05) is 24.2 Å². The first kappa shape index (κ1) is 16.3. The molecule has 3 aromatic rings. The van der Waals surface area contributed by atoms with Gasteiger partial charge in [0.25, 0.3) is 0 Å². The Morgan fingerprint density at radius 2 is 2.15 bits per heavy atom. The van der Waals surface area contributed by atoms with Crippen molar-refractivity contribution < 1.29 is 14.6 Å². The van der Waals surface area contributed by atoms with E-state index in [1.165, 1.54) is 0 Å². The standard InChI is InChI=1S/C18H19N5O3/c24-13-5-3-11(4-6-13)15-8-16(14-10-20-23-17(14)22-15)26-18(25)21-12-2-1-7-19-9-12/h3-6,8,10,12,19,24H,1-2,7,9H2,(H,21,25)(H,20,22,23)/t12-/m1/s1. The summed E-state index contributed by atoms with van der Waals surface area (Å²) in [5.41, 5.74) is 1.93. The second kappa shape index (κ2) is 7.01. The van der Waals surface area contributed by atoms with Gasteiger partial charge in [0.2, 0.25) is 0 Å². The molecule has 0 spiro atoms. The van der Waals surface area contributed by atoms with Crippen LogP contribution in [-0.2, 0) is 0 Å². The van der Waals surface area contributed by atoms with Gasteiger partial charge in [-0.2, -0.15) is 5.10 Å². The van der Waals surface area contributed by atoms with E-state index in [1.807, 2.05) is 0 Å². The quantitative estimate of drug-likeness (QED) is 0.574. The Morgan fingerprint density at radius 1 is 1.31 bits per heavy atom. The fraction of sp³-hybridized carbons (Fsp3) is 0.278. The van der Waals surface area contributed by atoms with E-state index in [0.29, 0.717) is 22.5 Å². The molecule has 1 aromatic carbocycles. The Bertz CT molecular complexity index is 916. The topological polar surface area (TPSA) is 112 Å². The summed E-state index contributed by atoms with van der Waals surface area (Å²) >= 11 is 0. The van der Waals surface area contributed by atoms with Crippen LogP contribution in [0, 0.1) is 0 Å². The van der Waals surface area contributed by atoms with Gasteiger partial charge in [-0.15, -0.1) is 0 Å². The first-order chi connectivity index (χ1) is 12.7. The van der Waals surface area contributed by atoms with E-state index in [1.54, 1.807) is 36.5 Å². The third-order valence-electron chi connectivity index (χ3n) is 4.37. The van der Waals surface area contributed by atoms with E-state index >= 15 is 0 Å². The number of H-pyrrole nitrogens is 1. The summed E-state index contributed by atoms with van der Waals surface area (Å²) in [5.74, 6) is 0.557. The number of benzene rings is 1. The number of piperidine rings is 1. The van der Waals surface area contributed by atoms with Gasteiger partial charge in [-0.05, 0) is 43.7 Å². The summed E-state index contributed by atoms with van der Waals surface area (Å²) in [5, 5.41) is 23.0. The molecule has 0 unspecified atom stereocenters. The fourth-order valence-corrected chi connectivity index (χ4v) is 3.04. The molecule has 1 atom stereocenters. The molecule has 1 saturated heterocycles. The predicted molar refractivity (Wildman–Crippen MR) is 96.0 cm³/mol. The Balaban J connectivity index is 1.60. The largest absolute Gasteiger partial charge is 0.508 e. The first-order valence-corrected chi connectivity index (χ1v) is 8.51. The molecule has 4 N–H and O–H groups in total. The molecule has 0 saturated carbocycles. The lowest BCUT2D eigenvalue weighted by atomic mass is 10.1. The third-order valence-corrected chi connectivity index (χ3v) is 4.37. The van der Waals surface area contributed by atoms with Crippen LogP contribution in [0.1, 0.15) is 12.8 Å². The molecule has 2 aromatic heterocycles. The molecule has 0 bridgehead atoms. The number of ether oxygens (including phenoxy) is 1. The summed E-state index contributed by atoms with van der Waals surface area (Å²) in [4.78, 5) is 16.8. The fourth-order valence-electron chi connectivity index (χ4n) is 3.04. The Labute approximate surface area is 149 Å². The normalized spacial score (nSPS) is 17.2. The van der Waals surface area contributed by atoms with Crippen LogP contribution in [0.2, 0.25) is 0 Å². The maximum absolute atomic E-state index is 12.3. The SMILES string of the molecule is O=C(N[C@@H]1CCCNC1)Oc1cc(-c2ccc(O)cc2)nc2[nH]ncc12. The third kappa shape index (κ3) is 3.45. The number of aromatic amines is 1. The van der Waals surface area contributed by atoms with Crippen molar-refractivity contribution in [2.75, 3.05) is 13.1 Å². The summed E-state index contributed by atoms with van der Waals surface area (Å²) in [6.07, 6.45) is 3.03. The number of pyridine rings is 1. The molecule has 1 aliphatic heterocycles. The number of fused-ring (bicyclic) bond motifs is 1. The maximum Gasteiger partial charge on any atom is 0.412 e. The molecule has 26 heavy (non-hydrogen) atoms. The number of hydrogen-bond acceptors (Lipinski definition) is 6. The van der Waals surface area contributed by atoms with Gasteiger partial charge in [-0.1, -0.05) is 0 Å². The van der Waals surface area contributed by atoms with E-state index < -0.39 is 6.09 Å². The lowest BCUT2D eigenvalue weighted by Gasteiger charge is -2.23. The summed E-state index contributed by atoms with van der Waals surface area (Å²) in [6, 6.07) is 8.42. The molecule has 3 heterocycles. The van der Waals surface area contributed by atoms with Crippen LogP contribution in [-0.4, -0.2) is 45.5 Å². The summed E-state index contributed by atoms with van der Waals surface area (Å²) < 4.78 is 5.55. The lowest BCUT2D eigenvalue weighted by Crippen LogP contribution is -2.46. The average Bonchev–Trinajstić information content (AvgIpc) is 3.12. The zero-order chi connectivity index (χ0) is 17.9. The number of nitrogens with one attached hydrogen (secondary N) is 3. The Morgan fingerprint density at radius 3 is 2.92 bits per heavy atom. The van der Waals surface area contributed by atoms with Crippen molar-refractivity contribution >= 4 is 17.1 Å². The van der Waals surface area contributed by atoms with Crippen LogP contribution in [0.15, 0.2) is 36.5 Å². The predicted octanol–water partition coefficient (Wildman–Crippen LogP) is 2.17. The molecule has 134 valence electrons. The highest BCUT2D eigenvalue weighted by molar-refractivity contribution is 5.87. The summed E-state index contributed by atoms with van der Waals surface area (Å²) in [6.45, 7) is 1.72. The first-order valence-electron chi connectivity index (χ1n) is 8.51. The van der Waals surface area contributed by atoms with Gasteiger partial charge in [-0.3, -0.25) is 5.10 Å². The van der Waals surface area contributed by atoms with Crippen LogP contribution in [0.5, 0.6) is 11.5 Å². The Hall–Kier alpha value is -3.13. The highest BCUT2D eigenvalue weighted by Crippen LogP contribution is 2.29. The molecule has 1 fully saturated rings. The number of aromatic hydroxyl groups is 1. The molecule has 8 nitrogen and oxygen atoms in total. The van der Waals surface area contributed by atoms with Gasteiger partial charge in [-0.25, -0.2) is 9.78 Å². The molecular formula is C18H19N5O3. The highest BCUT2D eigenvalue weighted by atomic mass is 16.6. The van der Waals surface area contributed by atoms with Gasteiger partial charge < -0.3 is 20.5 Å². The van der Waals surface area contributed by atoms with Crippen molar-refractivity contribution in [2.45, 2.75) is 18.9 Å². The van der Waals surface area contributed by atoms with E-state index in [9.17, 15) is 9.90 Å². The zero-order valence-electron chi connectivity index (χ0n) is 14.0. The zero-order valence-corrected chi connectivity index (χ0v) is 14.0. The van der Waals surface area contributed by atoms with E-state index in [2.05, 4.69) is 25.8 Å². The van der Waals surface area contributed by atoms with E-state index in [4.69, 9.17) is 4.74 Å². The number of amides is 1.